The van der Waals surface area contributed by atoms with Crippen LogP contribution in [0.1, 0.15) is 44.7 Å². The molecular formula is C17H24O3. The normalized spacial score (nSPS) is 23.5. The molecule has 0 bridgehead atoms. The largest absolute Gasteiger partial charge is 0.381 e. The van der Waals surface area contributed by atoms with Crippen LogP contribution in [0, 0.1) is 0 Å². The van der Waals surface area contributed by atoms with Crippen LogP contribution in [0.5, 0.6) is 0 Å². The van der Waals surface area contributed by atoms with Crippen LogP contribution in [-0.2, 0) is 20.9 Å². The Hall–Kier alpha value is -1.16. The van der Waals surface area contributed by atoms with Gasteiger partial charge in [0, 0.05) is 19.8 Å². The van der Waals surface area contributed by atoms with E-state index < -0.39 is 11.4 Å². The fourth-order valence-corrected chi connectivity index (χ4v) is 2.98. The Morgan fingerprint density at radius 2 is 1.75 bits per heavy atom. The second kappa shape index (κ2) is 5.32. The summed E-state index contributed by atoms with van der Waals surface area (Å²) in [5, 5.41) is 11.2. The fourth-order valence-electron chi connectivity index (χ4n) is 2.98. The number of aliphatic hydroxyl groups is 1. The average molecular weight is 276 g/mol. The van der Waals surface area contributed by atoms with E-state index in [1.54, 1.807) is 14.2 Å². The van der Waals surface area contributed by atoms with Gasteiger partial charge in [-0.3, -0.25) is 0 Å². The second-order valence-electron chi connectivity index (χ2n) is 5.67. The maximum absolute atomic E-state index is 11.2. The van der Waals surface area contributed by atoms with Gasteiger partial charge in [-0.15, -0.1) is 0 Å². The summed E-state index contributed by atoms with van der Waals surface area (Å²) in [7, 11) is 3.24. The lowest BCUT2D eigenvalue weighted by atomic mass is 9.82. The molecule has 0 spiro atoms. The van der Waals surface area contributed by atoms with Crippen LogP contribution in [-0.4, -0.2) is 19.3 Å². The Labute approximate surface area is 121 Å². The SMILES string of the molecule is COC(C)(OC)c1ccccc1C1(O)CCC(C)=C1C. The van der Waals surface area contributed by atoms with Gasteiger partial charge in [0.15, 0.2) is 5.79 Å². The number of allylic oxidation sites excluding steroid dienone is 1. The number of benzene rings is 1. The number of rotatable bonds is 4. The minimum Gasteiger partial charge on any atom is -0.381 e. The first kappa shape index (κ1) is 15.2. The van der Waals surface area contributed by atoms with E-state index in [2.05, 4.69) is 6.92 Å². The first-order chi connectivity index (χ1) is 9.39. The molecule has 0 saturated heterocycles. The van der Waals surface area contributed by atoms with Gasteiger partial charge in [0.05, 0.1) is 0 Å². The van der Waals surface area contributed by atoms with Crippen molar-refractivity contribution in [3.63, 3.8) is 0 Å². The maximum Gasteiger partial charge on any atom is 0.191 e. The smallest absolute Gasteiger partial charge is 0.191 e. The molecule has 20 heavy (non-hydrogen) atoms. The van der Waals surface area contributed by atoms with E-state index in [4.69, 9.17) is 9.47 Å². The third kappa shape index (κ3) is 2.20. The lowest BCUT2D eigenvalue weighted by Gasteiger charge is -2.34. The van der Waals surface area contributed by atoms with Gasteiger partial charge in [-0.2, -0.15) is 0 Å². The third-order valence-corrected chi connectivity index (χ3v) is 4.76. The summed E-state index contributed by atoms with van der Waals surface area (Å²) in [4.78, 5) is 0. The fraction of sp³-hybridized carbons (Fsp3) is 0.529. The van der Waals surface area contributed by atoms with Crippen molar-refractivity contribution in [2.45, 2.75) is 45.0 Å². The molecule has 1 unspecified atom stereocenters. The molecule has 3 nitrogen and oxygen atoms in total. The molecule has 0 heterocycles. The summed E-state index contributed by atoms with van der Waals surface area (Å²) in [5.41, 5.74) is 3.14. The van der Waals surface area contributed by atoms with Gasteiger partial charge in [-0.25, -0.2) is 0 Å². The lowest BCUT2D eigenvalue weighted by molar-refractivity contribution is -0.203. The van der Waals surface area contributed by atoms with Gasteiger partial charge >= 0.3 is 0 Å². The Balaban J connectivity index is 2.60. The Morgan fingerprint density at radius 3 is 2.25 bits per heavy atom. The van der Waals surface area contributed by atoms with Crippen molar-refractivity contribution in [1.82, 2.24) is 0 Å². The van der Waals surface area contributed by atoms with Gasteiger partial charge < -0.3 is 14.6 Å². The van der Waals surface area contributed by atoms with Crippen molar-refractivity contribution in [3.05, 3.63) is 46.5 Å². The van der Waals surface area contributed by atoms with E-state index in [1.165, 1.54) is 5.57 Å². The number of hydrogen-bond acceptors (Lipinski definition) is 3. The number of methoxy groups -OCH3 is 2. The summed E-state index contributed by atoms with van der Waals surface area (Å²) >= 11 is 0. The standard InChI is InChI=1S/C17H24O3/c1-12-10-11-17(18,13(12)2)15-9-7-6-8-14(15)16(3,19-4)20-5/h6-9,18H,10-11H2,1-5H3. The molecule has 1 atom stereocenters. The second-order valence-corrected chi connectivity index (χ2v) is 5.67. The van der Waals surface area contributed by atoms with E-state index in [9.17, 15) is 5.11 Å². The van der Waals surface area contributed by atoms with Gasteiger partial charge in [-0.1, -0.05) is 29.8 Å². The van der Waals surface area contributed by atoms with E-state index >= 15 is 0 Å². The van der Waals surface area contributed by atoms with Gasteiger partial charge in [0.2, 0.25) is 0 Å². The summed E-state index contributed by atoms with van der Waals surface area (Å²) in [6, 6.07) is 7.82. The minimum absolute atomic E-state index is 0.713. The highest BCUT2D eigenvalue weighted by atomic mass is 16.7. The van der Waals surface area contributed by atoms with Crippen LogP contribution in [0.15, 0.2) is 35.4 Å². The predicted molar refractivity (Wildman–Crippen MR) is 79.3 cm³/mol. The molecule has 1 N–H and O–H groups in total. The topological polar surface area (TPSA) is 38.7 Å². The molecule has 0 aromatic heterocycles. The summed E-state index contributed by atoms with van der Waals surface area (Å²) in [6.45, 7) is 5.97. The molecule has 0 fully saturated rings. The molecule has 1 aromatic carbocycles. The number of hydrogen-bond donors (Lipinski definition) is 1. The highest BCUT2D eigenvalue weighted by Gasteiger charge is 2.41. The van der Waals surface area contributed by atoms with Crippen molar-refractivity contribution < 1.29 is 14.6 Å². The quantitative estimate of drug-likeness (QED) is 0.676. The molecule has 110 valence electrons. The van der Waals surface area contributed by atoms with Crippen LogP contribution in [0.4, 0.5) is 0 Å². The zero-order chi connectivity index (χ0) is 15.0. The average Bonchev–Trinajstić information content (AvgIpc) is 2.75. The van der Waals surface area contributed by atoms with Crippen LogP contribution < -0.4 is 0 Å². The molecule has 2 rings (SSSR count). The van der Waals surface area contributed by atoms with Gasteiger partial charge in [-0.05, 0) is 44.7 Å². The molecule has 3 heteroatoms. The van der Waals surface area contributed by atoms with Crippen LogP contribution in [0.2, 0.25) is 0 Å². The van der Waals surface area contributed by atoms with Crippen molar-refractivity contribution >= 4 is 0 Å². The predicted octanol–water partition coefficient (Wildman–Crippen LogP) is 3.47. The highest BCUT2D eigenvalue weighted by molar-refractivity contribution is 5.44. The summed E-state index contributed by atoms with van der Waals surface area (Å²) in [6.07, 6.45) is 1.64. The molecule has 0 amide bonds. The molecule has 0 aliphatic heterocycles. The molecular weight excluding hydrogens is 252 g/mol. The Bertz CT molecular complexity index is 529. The Kier molecular flexibility index (Phi) is 4.05. The third-order valence-electron chi connectivity index (χ3n) is 4.76. The molecule has 1 aliphatic carbocycles. The Morgan fingerprint density at radius 1 is 1.15 bits per heavy atom. The van der Waals surface area contributed by atoms with Crippen LogP contribution >= 0.6 is 0 Å². The van der Waals surface area contributed by atoms with Crippen molar-refractivity contribution in [3.8, 4) is 0 Å². The van der Waals surface area contributed by atoms with Gasteiger partial charge in [0.1, 0.15) is 5.60 Å². The van der Waals surface area contributed by atoms with E-state index in [-0.39, 0.29) is 0 Å². The van der Waals surface area contributed by atoms with Crippen molar-refractivity contribution in [1.29, 1.82) is 0 Å². The van der Waals surface area contributed by atoms with Crippen LogP contribution in [0.25, 0.3) is 0 Å². The lowest BCUT2D eigenvalue weighted by Crippen LogP contribution is -2.33. The van der Waals surface area contributed by atoms with Crippen LogP contribution in [0.3, 0.4) is 0 Å². The maximum atomic E-state index is 11.2. The molecule has 0 radical (unpaired) electrons. The zero-order valence-corrected chi connectivity index (χ0v) is 13.0. The molecule has 1 aliphatic rings. The monoisotopic (exact) mass is 276 g/mol. The first-order valence-electron chi connectivity index (χ1n) is 6.98. The molecule has 0 saturated carbocycles. The van der Waals surface area contributed by atoms with E-state index in [1.807, 2.05) is 38.1 Å². The number of ether oxygens (including phenoxy) is 2. The van der Waals surface area contributed by atoms with E-state index in [0.29, 0.717) is 6.42 Å². The zero-order valence-electron chi connectivity index (χ0n) is 13.0. The summed E-state index contributed by atoms with van der Waals surface area (Å²) < 4.78 is 11.1. The van der Waals surface area contributed by atoms with Gasteiger partial charge in [0.25, 0.3) is 0 Å². The molecule has 1 aromatic rings. The van der Waals surface area contributed by atoms with Crippen molar-refractivity contribution in [2.75, 3.05) is 14.2 Å². The van der Waals surface area contributed by atoms with E-state index in [0.717, 1.165) is 23.1 Å². The first-order valence-corrected chi connectivity index (χ1v) is 6.98. The highest BCUT2D eigenvalue weighted by Crippen LogP contribution is 2.46. The minimum atomic E-state index is -0.918. The summed E-state index contributed by atoms with van der Waals surface area (Å²) in [5.74, 6) is -0.858. The van der Waals surface area contributed by atoms with Crippen molar-refractivity contribution in [2.24, 2.45) is 0 Å².